The fourth-order valence-corrected chi connectivity index (χ4v) is 4.67. The van der Waals surface area contributed by atoms with Crippen molar-refractivity contribution >= 4 is 29.0 Å². The van der Waals surface area contributed by atoms with Gasteiger partial charge in [0.1, 0.15) is 24.1 Å². The molecule has 1 atom stereocenters. The standard InChI is InChI=1S/C30H35FN6O3/c1-5-6-15-37(28(29(40)32-30(2,3)4)21-11-13-23(31)14-12-21)27(39)19-36-18-24(33-34-36)17-35-16-22(20-38)25-9-7-8-10-26(25)35/h7-14,16,18,20,28H,5-6,15,17,19H2,1-4H3,(H,32,40). The Labute approximate surface area is 233 Å². The summed E-state index contributed by atoms with van der Waals surface area (Å²) in [5.41, 5.74) is 2.10. The van der Waals surface area contributed by atoms with E-state index >= 15 is 0 Å². The number of nitrogens with one attached hydrogen (secondary N) is 1. The SMILES string of the molecule is CCCCN(C(=O)Cn1cc(Cn2cc(C=O)c3ccccc32)nn1)C(C(=O)NC(C)(C)C)c1ccc(F)cc1. The highest BCUT2D eigenvalue weighted by Crippen LogP contribution is 2.25. The Bertz CT molecular complexity index is 1490. The van der Waals surface area contributed by atoms with Crippen molar-refractivity contribution in [2.75, 3.05) is 6.54 Å². The third-order valence-electron chi connectivity index (χ3n) is 6.48. The Kier molecular flexibility index (Phi) is 8.77. The van der Waals surface area contributed by atoms with Crippen LogP contribution in [0.25, 0.3) is 10.9 Å². The minimum Gasteiger partial charge on any atom is -0.349 e. The minimum absolute atomic E-state index is 0.122. The average molecular weight is 547 g/mol. The quantitative estimate of drug-likeness (QED) is 0.279. The van der Waals surface area contributed by atoms with Gasteiger partial charge in [0.05, 0.1) is 12.7 Å². The molecule has 0 bridgehead atoms. The normalized spacial score (nSPS) is 12.3. The molecule has 1 unspecified atom stereocenters. The predicted molar refractivity (Wildman–Crippen MR) is 150 cm³/mol. The summed E-state index contributed by atoms with van der Waals surface area (Å²) >= 11 is 0. The first-order chi connectivity index (χ1) is 19.1. The maximum absolute atomic E-state index is 13.7. The van der Waals surface area contributed by atoms with Crippen molar-refractivity contribution in [2.24, 2.45) is 0 Å². The smallest absolute Gasteiger partial charge is 0.247 e. The topological polar surface area (TPSA) is 102 Å². The Morgan fingerprint density at radius 1 is 1.10 bits per heavy atom. The van der Waals surface area contributed by atoms with Gasteiger partial charge in [0.25, 0.3) is 0 Å². The van der Waals surface area contributed by atoms with Crippen LogP contribution in [0.5, 0.6) is 0 Å². The predicted octanol–water partition coefficient (Wildman–Crippen LogP) is 4.52. The molecule has 210 valence electrons. The maximum atomic E-state index is 13.7. The number of aromatic nitrogens is 4. The van der Waals surface area contributed by atoms with Crippen LogP contribution in [-0.2, 0) is 22.7 Å². The first-order valence-electron chi connectivity index (χ1n) is 13.4. The molecular formula is C30H35FN6O3. The monoisotopic (exact) mass is 546 g/mol. The Morgan fingerprint density at radius 3 is 2.50 bits per heavy atom. The third-order valence-corrected chi connectivity index (χ3v) is 6.48. The molecular weight excluding hydrogens is 511 g/mol. The van der Waals surface area contributed by atoms with E-state index in [1.165, 1.54) is 33.8 Å². The summed E-state index contributed by atoms with van der Waals surface area (Å²) in [6.07, 6.45) is 5.80. The van der Waals surface area contributed by atoms with Crippen LogP contribution in [0.1, 0.15) is 68.2 Å². The number of benzene rings is 2. The van der Waals surface area contributed by atoms with Gasteiger partial charge in [0, 0.05) is 34.7 Å². The van der Waals surface area contributed by atoms with Crippen LogP contribution in [-0.4, -0.2) is 54.6 Å². The zero-order valence-corrected chi connectivity index (χ0v) is 23.3. The van der Waals surface area contributed by atoms with E-state index in [2.05, 4.69) is 15.6 Å². The number of carbonyl (C=O) groups excluding carboxylic acids is 3. The summed E-state index contributed by atoms with van der Waals surface area (Å²) in [4.78, 5) is 40.2. The summed E-state index contributed by atoms with van der Waals surface area (Å²) in [5.74, 6) is -1.07. The van der Waals surface area contributed by atoms with E-state index in [0.717, 1.165) is 23.6 Å². The molecule has 0 saturated carbocycles. The second-order valence-corrected chi connectivity index (χ2v) is 10.9. The van der Waals surface area contributed by atoms with Gasteiger partial charge in [0.2, 0.25) is 11.8 Å². The number of amides is 2. The molecule has 0 radical (unpaired) electrons. The van der Waals surface area contributed by atoms with Gasteiger partial charge >= 0.3 is 0 Å². The Balaban J connectivity index is 1.58. The van der Waals surface area contributed by atoms with Gasteiger partial charge in [-0.3, -0.25) is 14.4 Å². The highest BCUT2D eigenvalue weighted by atomic mass is 19.1. The van der Waals surface area contributed by atoms with Crippen LogP contribution < -0.4 is 5.32 Å². The van der Waals surface area contributed by atoms with Gasteiger partial charge in [-0.05, 0) is 51.0 Å². The van der Waals surface area contributed by atoms with Crippen LogP contribution in [0.2, 0.25) is 0 Å². The highest BCUT2D eigenvalue weighted by molar-refractivity contribution is 5.97. The molecule has 1 N–H and O–H groups in total. The van der Waals surface area contributed by atoms with E-state index in [1.54, 1.807) is 12.4 Å². The molecule has 2 aromatic heterocycles. The number of halogens is 1. The molecule has 0 fully saturated rings. The molecule has 4 rings (SSSR count). The molecule has 10 heteroatoms. The lowest BCUT2D eigenvalue weighted by Crippen LogP contribution is -2.50. The number of para-hydroxylation sites is 1. The summed E-state index contributed by atoms with van der Waals surface area (Å²) < 4.78 is 17.1. The van der Waals surface area contributed by atoms with Crippen molar-refractivity contribution < 1.29 is 18.8 Å². The van der Waals surface area contributed by atoms with E-state index in [-0.39, 0.29) is 18.4 Å². The van der Waals surface area contributed by atoms with Crippen molar-refractivity contribution in [1.29, 1.82) is 0 Å². The van der Waals surface area contributed by atoms with Crippen molar-refractivity contribution in [1.82, 2.24) is 29.8 Å². The van der Waals surface area contributed by atoms with E-state index in [9.17, 15) is 18.8 Å². The Morgan fingerprint density at radius 2 is 1.82 bits per heavy atom. The first-order valence-corrected chi connectivity index (χ1v) is 13.4. The summed E-state index contributed by atoms with van der Waals surface area (Å²) in [7, 11) is 0. The van der Waals surface area contributed by atoms with Crippen molar-refractivity contribution in [2.45, 2.75) is 65.2 Å². The molecule has 40 heavy (non-hydrogen) atoms. The molecule has 0 aliphatic rings. The molecule has 2 heterocycles. The summed E-state index contributed by atoms with van der Waals surface area (Å²) in [6, 6.07) is 12.3. The number of nitrogens with zero attached hydrogens (tertiary/aromatic N) is 5. The lowest BCUT2D eigenvalue weighted by atomic mass is 10.0. The van der Waals surface area contributed by atoms with Crippen LogP contribution in [0.4, 0.5) is 4.39 Å². The van der Waals surface area contributed by atoms with Crippen molar-refractivity contribution in [3.8, 4) is 0 Å². The van der Waals surface area contributed by atoms with Crippen LogP contribution >= 0.6 is 0 Å². The summed E-state index contributed by atoms with van der Waals surface area (Å²) in [5, 5.41) is 12.2. The molecule has 0 spiro atoms. The number of rotatable bonds is 11. The Hall–Kier alpha value is -4.34. The van der Waals surface area contributed by atoms with Gasteiger partial charge in [-0.15, -0.1) is 5.10 Å². The highest BCUT2D eigenvalue weighted by Gasteiger charge is 2.33. The van der Waals surface area contributed by atoms with E-state index < -0.39 is 17.4 Å². The molecule has 0 aliphatic heterocycles. The number of hydrogen-bond acceptors (Lipinski definition) is 5. The van der Waals surface area contributed by atoms with E-state index in [1.807, 2.05) is 56.5 Å². The molecule has 9 nitrogen and oxygen atoms in total. The molecule has 2 amide bonds. The first kappa shape index (κ1) is 28.7. The molecule has 2 aromatic carbocycles. The van der Waals surface area contributed by atoms with Crippen LogP contribution in [0.15, 0.2) is 60.9 Å². The lowest BCUT2D eigenvalue weighted by molar-refractivity contribution is -0.142. The maximum Gasteiger partial charge on any atom is 0.247 e. The van der Waals surface area contributed by atoms with Crippen LogP contribution in [0.3, 0.4) is 0 Å². The number of unbranched alkanes of at least 4 members (excludes halogenated alkanes) is 1. The van der Waals surface area contributed by atoms with E-state index in [4.69, 9.17) is 0 Å². The minimum atomic E-state index is -0.935. The largest absolute Gasteiger partial charge is 0.349 e. The average Bonchev–Trinajstić information content (AvgIpc) is 3.50. The number of hydrogen-bond donors (Lipinski definition) is 1. The zero-order valence-electron chi connectivity index (χ0n) is 23.3. The second-order valence-electron chi connectivity index (χ2n) is 10.9. The van der Waals surface area contributed by atoms with Gasteiger partial charge < -0.3 is 14.8 Å². The molecule has 4 aromatic rings. The molecule has 0 saturated heterocycles. The molecule has 0 aliphatic carbocycles. The fraction of sp³-hybridized carbons (Fsp3) is 0.367. The number of aldehydes is 1. The number of carbonyl (C=O) groups is 3. The third kappa shape index (κ3) is 6.80. The van der Waals surface area contributed by atoms with Gasteiger partial charge in [-0.2, -0.15) is 0 Å². The van der Waals surface area contributed by atoms with E-state index in [0.29, 0.717) is 36.3 Å². The van der Waals surface area contributed by atoms with Crippen molar-refractivity contribution in [3.63, 3.8) is 0 Å². The number of fused-ring (bicyclic) bond motifs is 1. The second kappa shape index (κ2) is 12.2. The van der Waals surface area contributed by atoms with Gasteiger partial charge in [-0.1, -0.05) is 48.9 Å². The van der Waals surface area contributed by atoms with Gasteiger partial charge in [0.15, 0.2) is 6.29 Å². The van der Waals surface area contributed by atoms with Gasteiger partial charge in [-0.25, -0.2) is 9.07 Å². The fourth-order valence-electron chi connectivity index (χ4n) is 4.67. The zero-order chi connectivity index (χ0) is 28.9. The van der Waals surface area contributed by atoms with Crippen LogP contribution in [0, 0.1) is 5.82 Å². The van der Waals surface area contributed by atoms with Crippen molar-refractivity contribution in [3.05, 3.63) is 83.6 Å². The summed E-state index contributed by atoms with van der Waals surface area (Å²) in [6.45, 7) is 8.21. The lowest BCUT2D eigenvalue weighted by Gasteiger charge is -2.33.